The Kier molecular flexibility index (Phi) is 4.90. The van der Waals surface area contributed by atoms with E-state index in [4.69, 9.17) is 11.6 Å². The predicted octanol–water partition coefficient (Wildman–Crippen LogP) is 1.70. The molecule has 104 valence electrons. The molecule has 0 aromatic heterocycles. The highest BCUT2D eigenvalue weighted by Crippen LogP contribution is 2.24. The third-order valence-electron chi connectivity index (χ3n) is 2.16. The highest BCUT2D eigenvalue weighted by molar-refractivity contribution is 7.90. The number of sulfone groups is 1. The lowest BCUT2D eigenvalue weighted by atomic mass is 10.3. The standard InChI is InChI=1S/C11H13ClN2O4S/c1-7(11(15)18-2)13-14-8-4-5-9(12)10(6-8)19(3,16)17/h4-6,14H,1-3H3/b13-7+. The van der Waals surface area contributed by atoms with Crippen LogP contribution in [0.5, 0.6) is 0 Å². The molecule has 19 heavy (non-hydrogen) atoms. The highest BCUT2D eigenvalue weighted by atomic mass is 35.5. The molecule has 0 aliphatic heterocycles. The van der Waals surface area contributed by atoms with Crippen molar-refractivity contribution in [2.24, 2.45) is 5.10 Å². The summed E-state index contributed by atoms with van der Waals surface area (Å²) < 4.78 is 27.4. The van der Waals surface area contributed by atoms with E-state index in [1.165, 1.54) is 26.2 Å². The molecule has 0 saturated carbocycles. The Hall–Kier alpha value is -1.60. The van der Waals surface area contributed by atoms with Gasteiger partial charge in [-0.15, -0.1) is 0 Å². The molecule has 1 rings (SSSR count). The number of methoxy groups -OCH3 is 1. The summed E-state index contributed by atoms with van der Waals surface area (Å²) in [5.74, 6) is -0.579. The van der Waals surface area contributed by atoms with E-state index in [0.717, 1.165) is 6.26 Å². The van der Waals surface area contributed by atoms with Crippen molar-refractivity contribution in [3.05, 3.63) is 23.2 Å². The molecule has 6 nitrogen and oxygen atoms in total. The first-order valence-electron chi connectivity index (χ1n) is 5.14. The minimum atomic E-state index is -3.43. The van der Waals surface area contributed by atoms with Gasteiger partial charge in [0.1, 0.15) is 5.71 Å². The van der Waals surface area contributed by atoms with Gasteiger partial charge in [0.2, 0.25) is 0 Å². The number of hydrogen-bond donors (Lipinski definition) is 1. The predicted molar refractivity (Wildman–Crippen MR) is 73.3 cm³/mol. The molecule has 0 saturated heterocycles. The number of carbonyl (C=O) groups is 1. The second-order valence-electron chi connectivity index (χ2n) is 3.72. The Morgan fingerprint density at radius 2 is 2.05 bits per heavy atom. The number of rotatable bonds is 4. The Morgan fingerprint density at radius 3 is 2.58 bits per heavy atom. The average molecular weight is 305 g/mol. The van der Waals surface area contributed by atoms with Crippen LogP contribution in [0, 0.1) is 0 Å². The van der Waals surface area contributed by atoms with Gasteiger partial charge in [-0.3, -0.25) is 5.43 Å². The molecule has 1 aromatic carbocycles. The van der Waals surface area contributed by atoms with Crippen LogP contribution in [0.25, 0.3) is 0 Å². The summed E-state index contributed by atoms with van der Waals surface area (Å²) in [5, 5.41) is 3.90. The number of ether oxygens (including phenoxy) is 1. The molecule has 0 unspecified atom stereocenters. The maximum absolute atomic E-state index is 11.5. The summed E-state index contributed by atoms with van der Waals surface area (Å²) in [6.07, 6.45) is 1.06. The van der Waals surface area contributed by atoms with E-state index in [1.54, 1.807) is 6.07 Å². The zero-order valence-corrected chi connectivity index (χ0v) is 12.2. The minimum absolute atomic E-state index is 0.00918. The summed E-state index contributed by atoms with van der Waals surface area (Å²) in [7, 11) is -2.19. The molecule has 8 heteroatoms. The van der Waals surface area contributed by atoms with Gasteiger partial charge >= 0.3 is 5.97 Å². The second-order valence-corrected chi connectivity index (χ2v) is 6.11. The maximum Gasteiger partial charge on any atom is 0.353 e. The largest absolute Gasteiger partial charge is 0.464 e. The molecule has 0 radical (unpaired) electrons. The smallest absolute Gasteiger partial charge is 0.353 e. The van der Waals surface area contributed by atoms with E-state index in [0.29, 0.717) is 5.69 Å². The summed E-state index contributed by atoms with van der Waals surface area (Å²) in [6, 6.07) is 4.32. The van der Waals surface area contributed by atoms with E-state index >= 15 is 0 Å². The van der Waals surface area contributed by atoms with Crippen molar-refractivity contribution in [2.75, 3.05) is 18.8 Å². The Balaban J connectivity index is 3.02. The quantitative estimate of drug-likeness (QED) is 0.520. The number of benzene rings is 1. The normalized spacial score (nSPS) is 12.1. The van der Waals surface area contributed by atoms with Crippen LogP contribution in [0.15, 0.2) is 28.2 Å². The monoisotopic (exact) mass is 304 g/mol. The van der Waals surface area contributed by atoms with E-state index in [-0.39, 0.29) is 15.6 Å². The van der Waals surface area contributed by atoms with E-state index < -0.39 is 15.8 Å². The van der Waals surface area contributed by atoms with Gasteiger partial charge in [0.25, 0.3) is 0 Å². The summed E-state index contributed by atoms with van der Waals surface area (Å²) in [6.45, 7) is 1.46. The third-order valence-corrected chi connectivity index (χ3v) is 3.74. The fraction of sp³-hybridized carbons (Fsp3) is 0.273. The topological polar surface area (TPSA) is 84.8 Å². The summed E-state index contributed by atoms with van der Waals surface area (Å²) in [4.78, 5) is 11.1. The summed E-state index contributed by atoms with van der Waals surface area (Å²) in [5.41, 5.74) is 3.07. The maximum atomic E-state index is 11.5. The highest BCUT2D eigenvalue weighted by Gasteiger charge is 2.13. The van der Waals surface area contributed by atoms with E-state index in [9.17, 15) is 13.2 Å². The Morgan fingerprint density at radius 1 is 1.42 bits per heavy atom. The van der Waals surface area contributed by atoms with Crippen LogP contribution in [0.2, 0.25) is 5.02 Å². The first-order valence-corrected chi connectivity index (χ1v) is 7.41. The number of halogens is 1. The van der Waals surface area contributed by atoms with Gasteiger partial charge in [0, 0.05) is 6.26 Å². The van der Waals surface area contributed by atoms with Gasteiger partial charge < -0.3 is 4.74 Å². The molecule has 1 aromatic rings. The minimum Gasteiger partial charge on any atom is -0.464 e. The van der Waals surface area contributed by atoms with Gasteiger partial charge in [-0.05, 0) is 25.1 Å². The zero-order chi connectivity index (χ0) is 14.6. The van der Waals surface area contributed by atoms with Crippen molar-refractivity contribution in [1.82, 2.24) is 0 Å². The molecule has 0 amide bonds. The second kappa shape index (κ2) is 6.03. The van der Waals surface area contributed by atoms with Crippen LogP contribution in [-0.2, 0) is 19.4 Å². The number of carbonyl (C=O) groups excluding carboxylic acids is 1. The number of hydrogen-bond acceptors (Lipinski definition) is 6. The van der Waals surface area contributed by atoms with Gasteiger partial charge in [-0.2, -0.15) is 5.10 Å². The van der Waals surface area contributed by atoms with Crippen LogP contribution in [0.4, 0.5) is 5.69 Å². The number of anilines is 1. The molecule has 1 N–H and O–H groups in total. The van der Waals surface area contributed by atoms with Crippen molar-refractivity contribution < 1.29 is 17.9 Å². The number of nitrogens with one attached hydrogen (secondary N) is 1. The van der Waals surface area contributed by atoms with Crippen LogP contribution < -0.4 is 5.43 Å². The number of nitrogens with zero attached hydrogens (tertiary/aromatic N) is 1. The van der Waals surface area contributed by atoms with Crippen LogP contribution in [0.1, 0.15) is 6.92 Å². The molecule has 0 bridgehead atoms. The number of esters is 1. The Labute approximate surface area is 116 Å². The molecular formula is C11H13ClN2O4S. The Bertz CT molecular complexity index is 626. The molecule has 0 heterocycles. The van der Waals surface area contributed by atoms with Crippen LogP contribution in [-0.4, -0.2) is 33.5 Å². The molecule has 0 spiro atoms. The van der Waals surface area contributed by atoms with Crippen molar-refractivity contribution in [2.45, 2.75) is 11.8 Å². The molecule has 0 aliphatic rings. The van der Waals surface area contributed by atoms with Crippen LogP contribution >= 0.6 is 11.6 Å². The lowest BCUT2D eigenvalue weighted by Crippen LogP contribution is -2.13. The van der Waals surface area contributed by atoms with Crippen molar-refractivity contribution in [3.8, 4) is 0 Å². The molecule has 0 aliphatic carbocycles. The molecule has 0 fully saturated rings. The fourth-order valence-corrected chi connectivity index (χ4v) is 2.50. The van der Waals surface area contributed by atoms with Gasteiger partial charge in [-0.25, -0.2) is 13.2 Å². The lowest BCUT2D eigenvalue weighted by molar-refractivity contribution is -0.132. The van der Waals surface area contributed by atoms with Gasteiger partial charge in [0.05, 0.1) is 22.7 Å². The van der Waals surface area contributed by atoms with Crippen molar-refractivity contribution >= 4 is 38.8 Å². The first kappa shape index (κ1) is 15.5. The third kappa shape index (κ3) is 4.22. The fourth-order valence-electron chi connectivity index (χ4n) is 1.20. The molecule has 0 atom stereocenters. The van der Waals surface area contributed by atoms with Crippen molar-refractivity contribution in [3.63, 3.8) is 0 Å². The van der Waals surface area contributed by atoms with Crippen LogP contribution in [0.3, 0.4) is 0 Å². The SMILES string of the molecule is COC(=O)/C(C)=N/Nc1ccc(Cl)c(S(C)(=O)=O)c1. The van der Waals surface area contributed by atoms with Crippen molar-refractivity contribution in [1.29, 1.82) is 0 Å². The van der Waals surface area contributed by atoms with Gasteiger partial charge in [0.15, 0.2) is 9.84 Å². The van der Waals surface area contributed by atoms with E-state index in [2.05, 4.69) is 15.3 Å². The average Bonchev–Trinajstić information content (AvgIpc) is 2.35. The first-order chi connectivity index (χ1) is 8.75. The zero-order valence-electron chi connectivity index (χ0n) is 10.6. The van der Waals surface area contributed by atoms with Gasteiger partial charge in [-0.1, -0.05) is 11.6 Å². The molecular weight excluding hydrogens is 292 g/mol. The van der Waals surface area contributed by atoms with E-state index in [1.807, 2.05) is 0 Å². The lowest BCUT2D eigenvalue weighted by Gasteiger charge is -2.06. The summed E-state index contributed by atoms with van der Waals surface area (Å²) >= 11 is 5.80. The number of hydrazone groups is 1.